The van der Waals surface area contributed by atoms with Gasteiger partial charge >= 0.3 is 12.3 Å². The highest BCUT2D eigenvalue weighted by Crippen LogP contribution is 2.37. The molecule has 1 aromatic carbocycles. The van der Waals surface area contributed by atoms with Crippen LogP contribution < -0.4 is 10.6 Å². The predicted octanol–water partition coefficient (Wildman–Crippen LogP) is 2.13. The van der Waals surface area contributed by atoms with E-state index in [1.165, 1.54) is 25.2 Å². The van der Waals surface area contributed by atoms with E-state index >= 15 is 0 Å². The summed E-state index contributed by atoms with van der Waals surface area (Å²) in [7, 11) is 1.18. The average molecular weight is 290 g/mol. The van der Waals surface area contributed by atoms with E-state index in [-0.39, 0.29) is 17.0 Å². The van der Waals surface area contributed by atoms with Crippen LogP contribution >= 0.6 is 0 Å². The number of benzene rings is 1. The molecule has 0 bridgehead atoms. The molecular weight excluding hydrogens is 276 g/mol. The van der Waals surface area contributed by atoms with Crippen molar-refractivity contribution in [3.63, 3.8) is 0 Å². The summed E-state index contributed by atoms with van der Waals surface area (Å²) in [5.41, 5.74) is 0.959. The SMILES string of the molecule is CNC(c1ccc2c(c1)C(=O)NCC2)C(F)(F)C(F)F. The van der Waals surface area contributed by atoms with Gasteiger partial charge in [-0.1, -0.05) is 12.1 Å². The number of alkyl halides is 4. The molecule has 1 aliphatic heterocycles. The number of hydrogen-bond acceptors (Lipinski definition) is 2. The van der Waals surface area contributed by atoms with Crippen molar-refractivity contribution in [2.75, 3.05) is 13.6 Å². The smallest absolute Gasteiger partial charge is 0.326 e. The van der Waals surface area contributed by atoms with Crippen molar-refractivity contribution >= 4 is 5.91 Å². The van der Waals surface area contributed by atoms with Gasteiger partial charge in [0.25, 0.3) is 5.91 Å². The molecule has 2 N–H and O–H groups in total. The Kier molecular flexibility index (Phi) is 3.99. The fourth-order valence-corrected chi connectivity index (χ4v) is 2.32. The highest BCUT2D eigenvalue weighted by molar-refractivity contribution is 5.96. The summed E-state index contributed by atoms with van der Waals surface area (Å²) in [5.74, 6) is -4.59. The van der Waals surface area contributed by atoms with Crippen molar-refractivity contribution in [3.8, 4) is 0 Å². The first-order chi connectivity index (χ1) is 9.37. The van der Waals surface area contributed by atoms with Crippen LogP contribution in [0.2, 0.25) is 0 Å². The Bertz CT molecular complexity index is 519. The molecule has 1 amide bonds. The first-order valence-corrected chi connectivity index (χ1v) is 6.12. The monoisotopic (exact) mass is 290 g/mol. The lowest BCUT2D eigenvalue weighted by Crippen LogP contribution is -2.41. The van der Waals surface area contributed by atoms with Crippen LogP contribution in [-0.2, 0) is 6.42 Å². The van der Waals surface area contributed by atoms with Crippen LogP contribution in [-0.4, -0.2) is 31.8 Å². The van der Waals surface area contributed by atoms with Gasteiger partial charge in [-0.05, 0) is 30.7 Å². The highest BCUT2D eigenvalue weighted by Gasteiger charge is 2.49. The largest absolute Gasteiger partial charge is 0.352 e. The van der Waals surface area contributed by atoms with Crippen molar-refractivity contribution < 1.29 is 22.4 Å². The maximum atomic E-state index is 13.5. The second-order valence-electron chi connectivity index (χ2n) is 4.62. The van der Waals surface area contributed by atoms with Gasteiger partial charge in [0.2, 0.25) is 0 Å². The van der Waals surface area contributed by atoms with Crippen molar-refractivity contribution in [1.29, 1.82) is 0 Å². The molecule has 0 fully saturated rings. The maximum Gasteiger partial charge on any atom is 0.326 e. The average Bonchev–Trinajstić information content (AvgIpc) is 2.40. The number of fused-ring (bicyclic) bond motifs is 1. The van der Waals surface area contributed by atoms with E-state index in [0.717, 1.165) is 5.56 Å². The van der Waals surface area contributed by atoms with Crippen LogP contribution in [0.3, 0.4) is 0 Å². The number of hydrogen-bond donors (Lipinski definition) is 2. The maximum absolute atomic E-state index is 13.5. The Morgan fingerprint density at radius 1 is 1.35 bits per heavy atom. The van der Waals surface area contributed by atoms with Gasteiger partial charge in [-0.3, -0.25) is 4.79 Å². The number of rotatable bonds is 4. The van der Waals surface area contributed by atoms with Gasteiger partial charge in [-0.25, -0.2) is 8.78 Å². The minimum absolute atomic E-state index is 0.0337. The first kappa shape index (κ1) is 14.8. The van der Waals surface area contributed by atoms with Gasteiger partial charge in [-0.2, -0.15) is 8.78 Å². The summed E-state index contributed by atoms with van der Waals surface area (Å²) in [5, 5.41) is 4.79. The standard InChI is InChI=1S/C13H14F4N2O/c1-18-10(13(16,17)12(14)15)8-3-2-7-4-5-19-11(20)9(7)6-8/h2-3,6,10,12,18H,4-5H2,1H3,(H,19,20). The van der Waals surface area contributed by atoms with Crippen LogP contribution in [0.5, 0.6) is 0 Å². The zero-order chi connectivity index (χ0) is 14.9. The third-order valence-electron chi connectivity index (χ3n) is 3.36. The number of carbonyl (C=O) groups is 1. The summed E-state index contributed by atoms with van der Waals surface area (Å²) in [6.07, 6.45) is -3.19. The van der Waals surface area contributed by atoms with Crippen molar-refractivity contribution in [2.45, 2.75) is 24.8 Å². The molecular formula is C13H14F4N2O. The molecule has 0 spiro atoms. The lowest BCUT2D eigenvalue weighted by molar-refractivity contribution is -0.150. The lowest BCUT2D eigenvalue weighted by Gasteiger charge is -2.27. The fourth-order valence-electron chi connectivity index (χ4n) is 2.32. The number of nitrogens with one attached hydrogen (secondary N) is 2. The van der Waals surface area contributed by atoms with Crippen LogP contribution in [0.15, 0.2) is 18.2 Å². The summed E-state index contributed by atoms with van der Waals surface area (Å²) in [6.45, 7) is 0.480. The van der Waals surface area contributed by atoms with E-state index in [1.807, 2.05) is 0 Å². The fraction of sp³-hybridized carbons (Fsp3) is 0.462. The predicted molar refractivity (Wildman–Crippen MR) is 65.2 cm³/mol. The van der Waals surface area contributed by atoms with Crippen molar-refractivity contribution in [2.24, 2.45) is 0 Å². The first-order valence-electron chi connectivity index (χ1n) is 6.12. The molecule has 3 nitrogen and oxygen atoms in total. The number of halogens is 4. The normalized spacial score (nSPS) is 16.8. The Balaban J connectivity index is 2.41. The summed E-state index contributed by atoms with van der Waals surface area (Å²) >= 11 is 0. The molecule has 1 heterocycles. The molecule has 2 rings (SSSR count). The topological polar surface area (TPSA) is 41.1 Å². The zero-order valence-electron chi connectivity index (χ0n) is 10.7. The Hall–Kier alpha value is -1.63. The minimum Gasteiger partial charge on any atom is -0.352 e. The molecule has 20 heavy (non-hydrogen) atoms. The molecule has 1 aliphatic rings. The molecule has 0 aliphatic carbocycles. The molecule has 0 radical (unpaired) electrons. The molecule has 1 unspecified atom stereocenters. The van der Waals surface area contributed by atoms with E-state index in [1.54, 1.807) is 0 Å². The quantitative estimate of drug-likeness (QED) is 0.834. The molecule has 0 saturated heterocycles. The van der Waals surface area contributed by atoms with Crippen molar-refractivity contribution in [1.82, 2.24) is 10.6 Å². The second kappa shape index (κ2) is 5.40. The third kappa shape index (κ3) is 2.49. The van der Waals surface area contributed by atoms with Crippen LogP contribution in [0.25, 0.3) is 0 Å². The Morgan fingerprint density at radius 2 is 2.05 bits per heavy atom. The van der Waals surface area contributed by atoms with E-state index in [2.05, 4.69) is 10.6 Å². The van der Waals surface area contributed by atoms with Gasteiger partial charge in [0, 0.05) is 12.1 Å². The molecule has 1 atom stereocenters. The lowest BCUT2D eigenvalue weighted by atomic mass is 9.93. The van der Waals surface area contributed by atoms with E-state index < -0.39 is 18.4 Å². The Labute approximate surface area is 113 Å². The van der Waals surface area contributed by atoms with Crippen LogP contribution in [0, 0.1) is 0 Å². The molecule has 110 valence electrons. The number of amides is 1. The van der Waals surface area contributed by atoms with Crippen molar-refractivity contribution in [3.05, 3.63) is 34.9 Å². The van der Waals surface area contributed by atoms with E-state index in [9.17, 15) is 22.4 Å². The summed E-state index contributed by atoms with van der Waals surface area (Å²) < 4.78 is 52.0. The van der Waals surface area contributed by atoms with Gasteiger partial charge in [-0.15, -0.1) is 0 Å². The van der Waals surface area contributed by atoms with E-state index in [4.69, 9.17) is 0 Å². The van der Waals surface area contributed by atoms with Crippen LogP contribution in [0.4, 0.5) is 17.6 Å². The number of carbonyl (C=O) groups excluding carboxylic acids is 1. The summed E-state index contributed by atoms with van der Waals surface area (Å²) in [4.78, 5) is 11.7. The Morgan fingerprint density at radius 3 is 2.65 bits per heavy atom. The molecule has 0 aromatic heterocycles. The third-order valence-corrected chi connectivity index (χ3v) is 3.36. The molecule has 0 saturated carbocycles. The zero-order valence-corrected chi connectivity index (χ0v) is 10.7. The van der Waals surface area contributed by atoms with Gasteiger partial charge in [0.05, 0.1) is 0 Å². The minimum atomic E-state index is -4.21. The highest BCUT2D eigenvalue weighted by atomic mass is 19.3. The second-order valence-corrected chi connectivity index (χ2v) is 4.62. The van der Waals surface area contributed by atoms with Crippen LogP contribution in [0.1, 0.15) is 27.5 Å². The summed E-state index contributed by atoms with van der Waals surface area (Å²) in [6, 6.07) is 2.30. The van der Waals surface area contributed by atoms with Gasteiger partial charge in [0.1, 0.15) is 6.04 Å². The molecule has 7 heteroatoms. The molecule has 1 aromatic rings. The van der Waals surface area contributed by atoms with Gasteiger partial charge in [0.15, 0.2) is 0 Å². The van der Waals surface area contributed by atoms with E-state index in [0.29, 0.717) is 13.0 Å². The van der Waals surface area contributed by atoms with Gasteiger partial charge < -0.3 is 10.6 Å².